The van der Waals surface area contributed by atoms with Gasteiger partial charge in [-0.05, 0) is 55.2 Å². The number of hydrogen-bond donors (Lipinski definition) is 1. The monoisotopic (exact) mass is 274 g/mol. The van der Waals surface area contributed by atoms with Crippen LogP contribution in [0.15, 0.2) is 18.2 Å². The fourth-order valence-electron chi connectivity index (χ4n) is 3.20. The van der Waals surface area contributed by atoms with Gasteiger partial charge in [0, 0.05) is 24.8 Å². The van der Waals surface area contributed by atoms with Gasteiger partial charge in [0.1, 0.15) is 0 Å². The van der Waals surface area contributed by atoms with Crippen LogP contribution in [0.1, 0.15) is 44.7 Å². The Morgan fingerprint density at radius 2 is 2.10 bits per heavy atom. The van der Waals surface area contributed by atoms with Crippen molar-refractivity contribution in [2.24, 2.45) is 17.6 Å². The molecule has 1 heterocycles. The standard InChI is InChI=1S/C18H30N2/c1-5-17(19)11-15-6-7-18(14(4)10-15)20-9-8-16(12-20)13(2)3/h6-7,10,13,16-17H,5,8-9,11-12,19H2,1-4H3. The third-order valence-electron chi connectivity index (χ3n) is 4.79. The molecule has 0 aromatic heterocycles. The molecule has 1 aliphatic heterocycles. The summed E-state index contributed by atoms with van der Waals surface area (Å²) in [6.07, 6.45) is 3.37. The molecule has 1 fully saturated rings. The van der Waals surface area contributed by atoms with Crippen molar-refractivity contribution in [1.29, 1.82) is 0 Å². The minimum Gasteiger partial charge on any atom is -0.371 e. The van der Waals surface area contributed by atoms with E-state index in [1.165, 1.54) is 36.3 Å². The first-order valence-corrected chi connectivity index (χ1v) is 8.11. The van der Waals surface area contributed by atoms with Crippen LogP contribution in [-0.2, 0) is 6.42 Å². The predicted molar refractivity (Wildman–Crippen MR) is 88.3 cm³/mol. The first kappa shape index (κ1) is 15.4. The van der Waals surface area contributed by atoms with Crippen LogP contribution >= 0.6 is 0 Å². The lowest BCUT2D eigenvalue weighted by Crippen LogP contribution is -2.23. The predicted octanol–water partition coefficient (Wildman–Crippen LogP) is 3.76. The Labute approximate surface area is 124 Å². The molecule has 1 saturated heterocycles. The molecule has 2 rings (SSSR count). The second-order valence-corrected chi connectivity index (χ2v) is 6.73. The highest BCUT2D eigenvalue weighted by molar-refractivity contribution is 5.55. The molecule has 2 atom stereocenters. The van der Waals surface area contributed by atoms with Gasteiger partial charge >= 0.3 is 0 Å². The van der Waals surface area contributed by atoms with Crippen molar-refractivity contribution >= 4 is 5.69 Å². The van der Waals surface area contributed by atoms with Gasteiger partial charge in [0.2, 0.25) is 0 Å². The average molecular weight is 274 g/mol. The summed E-state index contributed by atoms with van der Waals surface area (Å²) in [6, 6.07) is 7.18. The van der Waals surface area contributed by atoms with Crippen LogP contribution in [0.25, 0.3) is 0 Å². The third kappa shape index (κ3) is 3.54. The highest BCUT2D eigenvalue weighted by atomic mass is 15.2. The molecule has 2 nitrogen and oxygen atoms in total. The van der Waals surface area contributed by atoms with Crippen LogP contribution in [0, 0.1) is 18.8 Å². The van der Waals surface area contributed by atoms with Gasteiger partial charge in [-0.25, -0.2) is 0 Å². The van der Waals surface area contributed by atoms with E-state index in [2.05, 4.69) is 50.8 Å². The van der Waals surface area contributed by atoms with Gasteiger partial charge in [0.25, 0.3) is 0 Å². The maximum Gasteiger partial charge on any atom is 0.0396 e. The number of nitrogens with two attached hydrogens (primary N) is 1. The molecule has 0 spiro atoms. The van der Waals surface area contributed by atoms with Crippen LogP contribution in [0.5, 0.6) is 0 Å². The summed E-state index contributed by atoms with van der Waals surface area (Å²) in [7, 11) is 0. The van der Waals surface area contributed by atoms with Gasteiger partial charge in [-0.15, -0.1) is 0 Å². The summed E-state index contributed by atoms with van der Waals surface area (Å²) in [5, 5.41) is 0. The second kappa shape index (κ2) is 6.62. The first-order valence-electron chi connectivity index (χ1n) is 8.11. The van der Waals surface area contributed by atoms with E-state index in [0.717, 1.165) is 24.7 Å². The van der Waals surface area contributed by atoms with Crippen molar-refractivity contribution in [3.63, 3.8) is 0 Å². The second-order valence-electron chi connectivity index (χ2n) is 6.73. The summed E-state index contributed by atoms with van der Waals surface area (Å²) >= 11 is 0. The molecule has 0 saturated carbocycles. The molecule has 0 amide bonds. The quantitative estimate of drug-likeness (QED) is 0.886. The average Bonchev–Trinajstić information content (AvgIpc) is 2.88. The molecule has 2 unspecified atom stereocenters. The molecule has 20 heavy (non-hydrogen) atoms. The van der Waals surface area contributed by atoms with E-state index in [9.17, 15) is 0 Å². The van der Waals surface area contributed by atoms with Crippen LogP contribution in [0.4, 0.5) is 5.69 Å². The van der Waals surface area contributed by atoms with Crippen molar-refractivity contribution in [1.82, 2.24) is 0 Å². The van der Waals surface area contributed by atoms with E-state index in [0.29, 0.717) is 0 Å². The molecule has 0 radical (unpaired) electrons. The van der Waals surface area contributed by atoms with E-state index in [1.54, 1.807) is 0 Å². The maximum atomic E-state index is 6.06. The molecule has 1 aromatic rings. The molecule has 112 valence electrons. The number of nitrogens with zero attached hydrogens (tertiary/aromatic N) is 1. The molecule has 0 aliphatic carbocycles. The molecule has 2 heteroatoms. The van der Waals surface area contributed by atoms with Gasteiger partial charge in [0.05, 0.1) is 0 Å². The van der Waals surface area contributed by atoms with Gasteiger partial charge in [-0.3, -0.25) is 0 Å². The Kier molecular flexibility index (Phi) is 5.09. The van der Waals surface area contributed by atoms with Crippen molar-refractivity contribution in [2.75, 3.05) is 18.0 Å². The smallest absolute Gasteiger partial charge is 0.0396 e. The van der Waals surface area contributed by atoms with Gasteiger partial charge in [-0.1, -0.05) is 32.9 Å². The van der Waals surface area contributed by atoms with Crippen LogP contribution < -0.4 is 10.6 Å². The fraction of sp³-hybridized carbons (Fsp3) is 0.667. The summed E-state index contributed by atoms with van der Waals surface area (Å²) in [4.78, 5) is 2.56. The lowest BCUT2D eigenvalue weighted by atomic mass is 9.95. The summed E-state index contributed by atoms with van der Waals surface area (Å²) in [6.45, 7) is 11.5. The van der Waals surface area contributed by atoms with Crippen molar-refractivity contribution in [2.45, 2.75) is 53.0 Å². The van der Waals surface area contributed by atoms with Gasteiger partial charge < -0.3 is 10.6 Å². The van der Waals surface area contributed by atoms with E-state index in [4.69, 9.17) is 5.73 Å². The first-order chi connectivity index (χ1) is 9.51. The number of anilines is 1. The third-order valence-corrected chi connectivity index (χ3v) is 4.79. The zero-order valence-electron chi connectivity index (χ0n) is 13.5. The zero-order valence-corrected chi connectivity index (χ0v) is 13.5. The van der Waals surface area contributed by atoms with Crippen LogP contribution in [0.3, 0.4) is 0 Å². The molecule has 1 aliphatic rings. The van der Waals surface area contributed by atoms with Crippen LogP contribution in [0.2, 0.25) is 0 Å². The molecular formula is C18H30N2. The Morgan fingerprint density at radius 1 is 1.35 bits per heavy atom. The normalized spacial score (nSPS) is 20.7. The molecule has 2 N–H and O–H groups in total. The summed E-state index contributed by atoms with van der Waals surface area (Å²) in [5.74, 6) is 1.64. The van der Waals surface area contributed by atoms with E-state index in [1.807, 2.05) is 0 Å². The lowest BCUT2D eigenvalue weighted by molar-refractivity contribution is 0.422. The minimum absolute atomic E-state index is 0.289. The zero-order chi connectivity index (χ0) is 14.7. The van der Waals surface area contributed by atoms with E-state index >= 15 is 0 Å². The maximum absolute atomic E-state index is 6.06. The van der Waals surface area contributed by atoms with Gasteiger partial charge in [-0.2, -0.15) is 0 Å². The molecule has 1 aromatic carbocycles. The summed E-state index contributed by atoms with van der Waals surface area (Å²) < 4.78 is 0. The number of aryl methyl sites for hydroxylation is 1. The SMILES string of the molecule is CCC(N)Cc1ccc(N2CCC(C(C)C)C2)c(C)c1. The Bertz CT molecular complexity index is 439. The summed E-state index contributed by atoms with van der Waals surface area (Å²) in [5.41, 5.74) is 10.2. The minimum atomic E-state index is 0.289. The number of hydrogen-bond acceptors (Lipinski definition) is 2. The largest absolute Gasteiger partial charge is 0.371 e. The highest BCUT2D eigenvalue weighted by Gasteiger charge is 2.25. The van der Waals surface area contributed by atoms with Gasteiger partial charge in [0.15, 0.2) is 0 Å². The molecular weight excluding hydrogens is 244 g/mol. The van der Waals surface area contributed by atoms with Crippen molar-refractivity contribution in [3.8, 4) is 0 Å². The Morgan fingerprint density at radius 3 is 2.65 bits per heavy atom. The number of rotatable bonds is 5. The Hall–Kier alpha value is -1.02. The van der Waals surface area contributed by atoms with Crippen molar-refractivity contribution in [3.05, 3.63) is 29.3 Å². The topological polar surface area (TPSA) is 29.3 Å². The highest BCUT2D eigenvalue weighted by Crippen LogP contribution is 2.30. The van der Waals surface area contributed by atoms with E-state index < -0.39 is 0 Å². The lowest BCUT2D eigenvalue weighted by Gasteiger charge is -2.23. The number of benzene rings is 1. The van der Waals surface area contributed by atoms with E-state index in [-0.39, 0.29) is 6.04 Å². The molecule has 0 bridgehead atoms. The van der Waals surface area contributed by atoms with Crippen molar-refractivity contribution < 1.29 is 0 Å². The Balaban J connectivity index is 2.07. The fourth-order valence-corrected chi connectivity index (χ4v) is 3.20. The van der Waals surface area contributed by atoms with Crippen LogP contribution in [-0.4, -0.2) is 19.1 Å².